The highest BCUT2D eigenvalue weighted by atomic mass is 35.5. The van der Waals surface area contributed by atoms with E-state index in [1.807, 2.05) is 19.9 Å². The van der Waals surface area contributed by atoms with Gasteiger partial charge in [0.15, 0.2) is 11.5 Å². The molecule has 2 heterocycles. The second-order valence-electron chi connectivity index (χ2n) is 5.02. The van der Waals surface area contributed by atoms with Crippen molar-refractivity contribution in [2.75, 3.05) is 6.61 Å². The Balaban J connectivity index is 2.12. The molecule has 0 saturated heterocycles. The molecule has 114 valence electrons. The maximum atomic E-state index is 12.2. The van der Waals surface area contributed by atoms with Crippen LogP contribution in [0.3, 0.4) is 0 Å². The molecule has 1 amide bonds. The Morgan fingerprint density at radius 2 is 2.33 bits per heavy atom. The number of halogens is 1. The minimum atomic E-state index is -0.461. The van der Waals surface area contributed by atoms with Crippen LogP contribution in [0, 0.1) is 0 Å². The number of carbonyl (C=O) groups excluding carboxylic acids is 1. The maximum Gasteiger partial charge on any atom is 0.273 e. The van der Waals surface area contributed by atoms with E-state index in [4.69, 9.17) is 21.2 Å². The highest BCUT2D eigenvalue weighted by Crippen LogP contribution is 2.31. The lowest BCUT2D eigenvalue weighted by molar-refractivity contribution is 0.0877. The summed E-state index contributed by atoms with van der Waals surface area (Å²) in [5, 5.41) is 15.8. The molecule has 0 aliphatic heterocycles. The molecule has 0 aromatic carbocycles. The zero-order valence-corrected chi connectivity index (χ0v) is 13.4. The molecular formula is C14H17ClN2O3S. The molecule has 2 N–H and O–H groups in total. The van der Waals surface area contributed by atoms with Crippen LogP contribution in [-0.2, 0) is 0 Å². The lowest BCUT2D eigenvalue weighted by Crippen LogP contribution is -2.46. The first-order chi connectivity index (χ1) is 9.97. The van der Waals surface area contributed by atoms with Crippen LogP contribution in [0.25, 0.3) is 10.6 Å². The van der Waals surface area contributed by atoms with Gasteiger partial charge in [-0.25, -0.2) is 0 Å². The summed E-state index contributed by atoms with van der Waals surface area (Å²) in [6, 6.07) is 5.17. The summed E-state index contributed by atoms with van der Waals surface area (Å²) >= 11 is 7.23. The number of nitrogens with zero attached hydrogens (tertiary/aromatic N) is 1. The zero-order valence-electron chi connectivity index (χ0n) is 11.9. The fourth-order valence-electron chi connectivity index (χ4n) is 1.86. The third kappa shape index (κ3) is 3.84. The number of amides is 1. The normalized spacial score (nSPS) is 13.9. The number of hydrogen-bond donors (Lipinski definition) is 2. The number of carbonyl (C=O) groups is 1. The molecule has 5 nitrogen and oxygen atoms in total. The Labute approximate surface area is 131 Å². The summed E-state index contributed by atoms with van der Waals surface area (Å²) in [6.45, 7) is 3.86. The third-order valence-electron chi connectivity index (χ3n) is 3.42. The van der Waals surface area contributed by atoms with Gasteiger partial charge in [-0.15, -0.1) is 11.3 Å². The van der Waals surface area contributed by atoms with E-state index < -0.39 is 5.54 Å². The first-order valence-electron chi connectivity index (χ1n) is 6.63. The SMILES string of the molecule is CCC(C)(CCO)NC(=O)c1cc(-c2ccc(Cl)s2)on1. The molecule has 0 bridgehead atoms. The van der Waals surface area contributed by atoms with Crippen molar-refractivity contribution in [1.82, 2.24) is 10.5 Å². The van der Waals surface area contributed by atoms with Crippen molar-refractivity contribution in [1.29, 1.82) is 0 Å². The number of aromatic nitrogens is 1. The minimum absolute atomic E-state index is 0.0162. The molecular weight excluding hydrogens is 312 g/mol. The molecule has 0 spiro atoms. The average molecular weight is 329 g/mol. The van der Waals surface area contributed by atoms with Gasteiger partial charge in [0, 0.05) is 18.2 Å². The molecule has 21 heavy (non-hydrogen) atoms. The molecule has 1 unspecified atom stereocenters. The van der Waals surface area contributed by atoms with Gasteiger partial charge in [-0.05, 0) is 31.9 Å². The van der Waals surface area contributed by atoms with Crippen LogP contribution in [-0.4, -0.2) is 28.3 Å². The highest BCUT2D eigenvalue weighted by Gasteiger charge is 2.26. The second kappa shape index (κ2) is 6.60. The summed E-state index contributed by atoms with van der Waals surface area (Å²) in [6.07, 6.45) is 1.20. The maximum absolute atomic E-state index is 12.2. The van der Waals surface area contributed by atoms with Crippen LogP contribution in [0.5, 0.6) is 0 Å². The van der Waals surface area contributed by atoms with Crippen molar-refractivity contribution < 1.29 is 14.4 Å². The summed E-state index contributed by atoms with van der Waals surface area (Å²) in [4.78, 5) is 13.0. The van der Waals surface area contributed by atoms with Gasteiger partial charge in [0.05, 0.1) is 9.21 Å². The van der Waals surface area contributed by atoms with E-state index in [1.165, 1.54) is 11.3 Å². The van der Waals surface area contributed by atoms with Gasteiger partial charge < -0.3 is 14.9 Å². The summed E-state index contributed by atoms with van der Waals surface area (Å²) < 4.78 is 5.83. The number of hydrogen-bond acceptors (Lipinski definition) is 5. The van der Waals surface area contributed by atoms with Crippen molar-refractivity contribution in [3.63, 3.8) is 0 Å². The van der Waals surface area contributed by atoms with Crippen molar-refractivity contribution in [2.45, 2.75) is 32.2 Å². The van der Waals surface area contributed by atoms with Crippen LogP contribution < -0.4 is 5.32 Å². The fraction of sp³-hybridized carbons (Fsp3) is 0.429. The van der Waals surface area contributed by atoms with Gasteiger partial charge in [0.2, 0.25) is 0 Å². The number of rotatable bonds is 6. The van der Waals surface area contributed by atoms with Gasteiger partial charge in [0.1, 0.15) is 0 Å². The van der Waals surface area contributed by atoms with Crippen molar-refractivity contribution in [3.05, 3.63) is 28.2 Å². The van der Waals surface area contributed by atoms with Crippen molar-refractivity contribution >= 4 is 28.8 Å². The predicted molar refractivity (Wildman–Crippen MR) is 82.7 cm³/mol. The molecule has 0 aliphatic carbocycles. The number of thiophene rings is 1. The molecule has 2 aromatic rings. The Bertz CT molecular complexity index is 625. The van der Waals surface area contributed by atoms with E-state index in [9.17, 15) is 4.79 Å². The van der Waals surface area contributed by atoms with E-state index in [2.05, 4.69) is 10.5 Å². The Morgan fingerprint density at radius 1 is 1.57 bits per heavy atom. The summed E-state index contributed by atoms with van der Waals surface area (Å²) in [7, 11) is 0. The predicted octanol–water partition coefficient (Wildman–Crippen LogP) is 3.34. The van der Waals surface area contributed by atoms with E-state index in [0.29, 0.717) is 22.9 Å². The smallest absolute Gasteiger partial charge is 0.273 e. The summed E-state index contributed by atoms with van der Waals surface area (Å²) in [5.74, 6) is 0.197. The topological polar surface area (TPSA) is 75.4 Å². The van der Waals surface area contributed by atoms with Crippen molar-refractivity contribution in [3.8, 4) is 10.6 Å². The quantitative estimate of drug-likeness (QED) is 0.852. The van der Waals surface area contributed by atoms with Gasteiger partial charge in [-0.3, -0.25) is 4.79 Å². The van der Waals surface area contributed by atoms with E-state index in [0.717, 1.165) is 4.88 Å². The monoisotopic (exact) mass is 328 g/mol. The van der Waals surface area contributed by atoms with Crippen LogP contribution in [0.2, 0.25) is 4.34 Å². The first kappa shape index (κ1) is 16.0. The highest BCUT2D eigenvalue weighted by molar-refractivity contribution is 7.19. The average Bonchev–Trinajstić information content (AvgIpc) is 3.07. The standard InChI is InChI=1S/C14H17ClN2O3S/c1-3-14(2,6-7-18)16-13(19)9-8-10(20-17-9)11-4-5-12(15)21-11/h4-5,8,18H,3,6-7H2,1-2H3,(H,16,19). The van der Waals surface area contributed by atoms with Gasteiger partial charge in [-0.2, -0.15) is 0 Å². The van der Waals surface area contributed by atoms with Gasteiger partial charge >= 0.3 is 0 Å². The van der Waals surface area contributed by atoms with Crippen LogP contribution in [0.4, 0.5) is 0 Å². The largest absolute Gasteiger partial charge is 0.396 e. The first-order valence-corrected chi connectivity index (χ1v) is 7.82. The molecule has 2 aromatic heterocycles. The number of aliphatic hydroxyl groups is 1. The summed E-state index contributed by atoms with van der Waals surface area (Å²) in [5.41, 5.74) is -0.246. The number of nitrogens with one attached hydrogen (secondary N) is 1. The molecule has 2 rings (SSSR count). The van der Waals surface area contributed by atoms with E-state index in [1.54, 1.807) is 12.1 Å². The van der Waals surface area contributed by atoms with Crippen molar-refractivity contribution in [2.24, 2.45) is 0 Å². The zero-order chi connectivity index (χ0) is 15.5. The van der Waals surface area contributed by atoms with E-state index >= 15 is 0 Å². The Hall–Kier alpha value is -1.37. The van der Waals surface area contributed by atoms with E-state index in [-0.39, 0.29) is 18.2 Å². The lowest BCUT2D eigenvalue weighted by atomic mass is 9.95. The number of aliphatic hydroxyl groups excluding tert-OH is 1. The second-order valence-corrected chi connectivity index (χ2v) is 6.74. The minimum Gasteiger partial charge on any atom is -0.396 e. The molecule has 0 aliphatic rings. The molecule has 0 saturated carbocycles. The molecule has 0 radical (unpaired) electrons. The molecule has 1 atom stereocenters. The van der Waals surface area contributed by atoms with Crippen LogP contribution >= 0.6 is 22.9 Å². The van der Waals surface area contributed by atoms with Gasteiger partial charge in [-0.1, -0.05) is 23.7 Å². The Kier molecular flexibility index (Phi) is 5.03. The molecule has 7 heteroatoms. The third-order valence-corrected chi connectivity index (χ3v) is 4.66. The van der Waals surface area contributed by atoms with Crippen LogP contribution in [0.1, 0.15) is 37.2 Å². The fourth-order valence-corrected chi connectivity index (χ4v) is 2.85. The molecule has 0 fully saturated rings. The van der Waals surface area contributed by atoms with Crippen LogP contribution in [0.15, 0.2) is 22.7 Å². The van der Waals surface area contributed by atoms with Gasteiger partial charge in [0.25, 0.3) is 5.91 Å². The lowest BCUT2D eigenvalue weighted by Gasteiger charge is -2.28. The Morgan fingerprint density at radius 3 is 2.90 bits per heavy atom.